The van der Waals surface area contributed by atoms with Crippen LogP contribution in [0.1, 0.15) is 6.92 Å². The van der Waals surface area contributed by atoms with Gasteiger partial charge < -0.3 is 10.6 Å². The number of hydrogen-bond donors (Lipinski definition) is 3. The van der Waals surface area contributed by atoms with E-state index in [1.807, 2.05) is 0 Å². The molecule has 0 rings (SSSR count). The molecular formula is C6H12N4O2. The van der Waals surface area contributed by atoms with Crippen LogP contribution in [-0.2, 0) is 9.59 Å². The number of nitrogens with two attached hydrogens (primary N) is 1. The van der Waals surface area contributed by atoms with Gasteiger partial charge in [-0.15, -0.1) is 0 Å². The van der Waals surface area contributed by atoms with Crippen molar-refractivity contribution in [1.82, 2.24) is 10.2 Å². The van der Waals surface area contributed by atoms with E-state index >= 15 is 0 Å². The molecule has 0 heterocycles. The van der Waals surface area contributed by atoms with Gasteiger partial charge in [0, 0.05) is 14.0 Å². The first-order valence-electron chi connectivity index (χ1n) is 3.29. The summed E-state index contributed by atoms with van der Waals surface area (Å²) < 4.78 is 0. The van der Waals surface area contributed by atoms with Gasteiger partial charge in [0.05, 0.1) is 6.54 Å². The Balaban J connectivity index is 3.85. The van der Waals surface area contributed by atoms with Gasteiger partial charge in [0.2, 0.25) is 11.8 Å². The van der Waals surface area contributed by atoms with Gasteiger partial charge in [-0.1, -0.05) is 0 Å². The lowest BCUT2D eigenvalue weighted by Crippen LogP contribution is -2.42. The predicted molar refractivity (Wildman–Crippen MR) is 43.4 cm³/mol. The number of nitrogens with one attached hydrogen (secondary N) is 2. The second-order valence-corrected chi connectivity index (χ2v) is 2.35. The van der Waals surface area contributed by atoms with Gasteiger partial charge in [-0.2, -0.15) is 0 Å². The van der Waals surface area contributed by atoms with Crippen LogP contribution in [0.15, 0.2) is 0 Å². The highest BCUT2D eigenvalue weighted by atomic mass is 16.2. The number of nitrogens with zero attached hydrogens (tertiary/aromatic N) is 1. The third-order valence-corrected chi connectivity index (χ3v) is 1.11. The van der Waals surface area contributed by atoms with Crippen molar-refractivity contribution in [3.05, 3.63) is 0 Å². The third-order valence-electron chi connectivity index (χ3n) is 1.11. The lowest BCUT2D eigenvalue weighted by molar-refractivity contribution is -0.129. The molecule has 0 saturated heterocycles. The van der Waals surface area contributed by atoms with E-state index in [1.165, 1.54) is 18.9 Å². The lowest BCUT2D eigenvalue weighted by atomic mass is 10.5. The zero-order chi connectivity index (χ0) is 9.72. The zero-order valence-corrected chi connectivity index (χ0v) is 7.05. The molecule has 0 aromatic heterocycles. The van der Waals surface area contributed by atoms with Gasteiger partial charge in [0.1, 0.15) is 0 Å². The molecule has 0 saturated carbocycles. The quantitative estimate of drug-likeness (QED) is 0.347. The summed E-state index contributed by atoms with van der Waals surface area (Å²) in [7, 11) is 1.49. The van der Waals surface area contributed by atoms with Crippen molar-refractivity contribution in [2.24, 2.45) is 5.73 Å². The molecule has 0 bridgehead atoms. The summed E-state index contributed by atoms with van der Waals surface area (Å²) in [5.41, 5.74) is 5.06. The second-order valence-electron chi connectivity index (χ2n) is 2.35. The molecule has 0 radical (unpaired) electrons. The van der Waals surface area contributed by atoms with E-state index in [1.54, 1.807) is 0 Å². The van der Waals surface area contributed by atoms with Crippen LogP contribution in [0, 0.1) is 5.41 Å². The summed E-state index contributed by atoms with van der Waals surface area (Å²) in [6.07, 6.45) is 0. The summed E-state index contributed by atoms with van der Waals surface area (Å²) >= 11 is 0. The maximum atomic E-state index is 10.8. The molecule has 0 aliphatic rings. The first kappa shape index (κ1) is 10.4. The van der Waals surface area contributed by atoms with Crippen molar-refractivity contribution in [3.63, 3.8) is 0 Å². The van der Waals surface area contributed by atoms with E-state index in [-0.39, 0.29) is 12.5 Å². The van der Waals surface area contributed by atoms with E-state index in [4.69, 9.17) is 11.1 Å². The molecule has 2 amide bonds. The van der Waals surface area contributed by atoms with Crippen molar-refractivity contribution in [2.75, 3.05) is 13.6 Å². The van der Waals surface area contributed by atoms with Crippen molar-refractivity contribution in [3.8, 4) is 0 Å². The van der Waals surface area contributed by atoms with Crippen molar-refractivity contribution >= 4 is 17.8 Å². The molecule has 0 atom stereocenters. The summed E-state index contributed by atoms with van der Waals surface area (Å²) in [5.74, 6) is -1.11. The Morgan fingerprint density at radius 3 is 2.42 bits per heavy atom. The molecule has 0 aromatic carbocycles. The van der Waals surface area contributed by atoms with E-state index in [9.17, 15) is 9.59 Å². The van der Waals surface area contributed by atoms with Crippen LogP contribution in [0.2, 0.25) is 0 Å². The standard InChI is InChI=1S/C6H12N4O2/c1-4(11)9-5(12)3-10(2)6(7)8/h3H2,1-2H3,(H3,7,8)(H,9,11,12). The number of rotatable bonds is 2. The third kappa shape index (κ3) is 4.26. The molecule has 68 valence electrons. The molecule has 0 unspecified atom stereocenters. The predicted octanol–water partition coefficient (Wildman–Crippen LogP) is -1.53. The number of imide groups is 1. The minimum absolute atomic E-state index is 0.0884. The van der Waals surface area contributed by atoms with Crippen molar-refractivity contribution in [2.45, 2.75) is 6.92 Å². The molecule has 4 N–H and O–H groups in total. The molecule has 0 fully saturated rings. The highest BCUT2D eigenvalue weighted by molar-refractivity contribution is 5.96. The second kappa shape index (κ2) is 4.32. The van der Waals surface area contributed by atoms with Crippen molar-refractivity contribution in [1.29, 1.82) is 5.41 Å². The van der Waals surface area contributed by atoms with Crippen LogP contribution in [-0.4, -0.2) is 36.3 Å². The van der Waals surface area contributed by atoms with E-state index < -0.39 is 11.8 Å². The molecule has 12 heavy (non-hydrogen) atoms. The van der Waals surface area contributed by atoms with Crippen LogP contribution in [0.4, 0.5) is 0 Å². The van der Waals surface area contributed by atoms with Crippen LogP contribution < -0.4 is 11.1 Å². The van der Waals surface area contributed by atoms with Gasteiger partial charge in [-0.3, -0.25) is 20.3 Å². The molecule has 0 aliphatic carbocycles. The monoisotopic (exact) mass is 172 g/mol. The fourth-order valence-electron chi connectivity index (χ4n) is 0.536. The average Bonchev–Trinajstić information content (AvgIpc) is 1.84. The molecular weight excluding hydrogens is 160 g/mol. The normalized spacial score (nSPS) is 8.83. The number of carbonyl (C=O) groups is 2. The van der Waals surface area contributed by atoms with Gasteiger partial charge in [0.25, 0.3) is 0 Å². The minimum atomic E-state index is -0.472. The summed E-state index contributed by atoms with van der Waals surface area (Å²) in [5, 5.41) is 8.97. The highest BCUT2D eigenvalue weighted by Gasteiger charge is 2.07. The maximum Gasteiger partial charge on any atom is 0.246 e. The first-order valence-corrected chi connectivity index (χ1v) is 3.29. The van der Waals surface area contributed by atoms with Crippen molar-refractivity contribution < 1.29 is 9.59 Å². The summed E-state index contributed by atoms with van der Waals surface area (Å²) in [4.78, 5) is 22.4. The van der Waals surface area contributed by atoms with Crippen LogP contribution in [0.25, 0.3) is 0 Å². The average molecular weight is 172 g/mol. The molecule has 0 aromatic rings. The Hall–Kier alpha value is -1.59. The van der Waals surface area contributed by atoms with E-state index in [2.05, 4.69) is 5.32 Å². The Kier molecular flexibility index (Phi) is 3.75. The van der Waals surface area contributed by atoms with Gasteiger partial charge in [-0.05, 0) is 0 Å². The number of guanidine groups is 1. The Bertz CT molecular complexity index is 214. The molecule has 0 aliphatic heterocycles. The molecule has 0 spiro atoms. The summed E-state index contributed by atoms with van der Waals surface area (Å²) in [6, 6.07) is 0. The first-order chi connectivity index (χ1) is 5.43. The fourth-order valence-corrected chi connectivity index (χ4v) is 0.536. The largest absolute Gasteiger partial charge is 0.370 e. The van der Waals surface area contributed by atoms with E-state index in [0.717, 1.165) is 0 Å². The van der Waals surface area contributed by atoms with Crippen LogP contribution >= 0.6 is 0 Å². The number of carbonyl (C=O) groups excluding carboxylic acids is 2. The molecule has 6 heteroatoms. The van der Waals surface area contributed by atoms with Gasteiger partial charge in [0.15, 0.2) is 5.96 Å². The Morgan fingerprint density at radius 2 is 2.08 bits per heavy atom. The number of hydrogen-bond acceptors (Lipinski definition) is 3. The number of likely N-dealkylation sites (N-methyl/N-ethyl adjacent to an activating group) is 1. The summed E-state index contributed by atoms with van der Waals surface area (Å²) in [6.45, 7) is 1.15. The smallest absolute Gasteiger partial charge is 0.246 e. The Morgan fingerprint density at radius 1 is 1.58 bits per heavy atom. The van der Waals surface area contributed by atoms with E-state index in [0.29, 0.717) is 0 Å². The lowest BCUT2D eigenvalue weighted by Gasteiger charge is -2.14. The van der Waals surface area contributed by atoms with Gasteiger partial charge >= 0.3 is 0 Å². The Labute approximate surface area is 70.2 Å². The fraction of sp³-hybridized carbons (Fsp3) is 0.500. The van der Waals surface area contributed by atoms with Crippen LogP contribution in [0.5, 0.6) is 0 Å². The molecule has 6 nitrogen and oxygen atoms in total. The SMILES string of the molecule is CC(=O)NC(=O)CN(C)C(=N)N. The van der Waals surface area contributed by atoms with Gasteiger partial charge in [-0.25, -0.2) is 0 Å². The zero-order valence-electron chi connectivity index (χ0n) is 7.05. The minimum Gasteiger partial charge on any atom is -0.370 e. The topological polar surface area (TPSA) is 99.3 Å². The number of amides is 2. The van der Waals surface area contributed by atoms with Crippen LogP contribution in [0.3, 0.4) is 0 Å². The highest BCUT2D eigenvalue weighted by Crippen LogP contribution is 1.78. The maximum absolute atomic E-state index is 10.8.